The van der Waals surface area contributed by atoms with Gasteiger partial charge in [-0.15, -0.1) is 0 Å². The summed E-state index contributed by atoms with van der Waals surface area (Å²) in [7, 11) is 0. The van der Waals surface area contributed by atoms with Crippen LogP contribution in [0.2, 0.25) is 0 Å². The molecule has 3 rings (SSSR count). The summed E-state index contributed by atoms with van der Waals surface area (Å²) in [6, 6.07) is 5.26. The van der Waals surface area contributed by atoms with Crippen LogP contribution in [0.25, 0.3) is 5.65 Å². The van der Waals surface area contributed by atoms with E-state index in [9.17, 15) is 9.59 Å². The molecule has 1 fully saturated rings. The molecule has 2 aromatic heterocycles. The number of carbonyl (C=O) groups is 1. The Balaban J connectivity index is 1.73. The van der Waals surface area contributed by atoms with Crippen molar-refractivity contribution in [3.63, 3.8) is 0 Å². The highest BCUT2D eigenvalue weighted by molar-refractivity contribution is 5.93. The van der Waals surface area contributed by atoms with Crippen LogP contribution in [0.4, 0.5) is 0 Å². The molecule has 1 aliphatic rings. The maximum absolute atomic E-state index is 12.4. The minimum absolute atomic E-state index is 0.0523. The number of rotatable bonds is 4. The molecule has 1 amide bonds. The van der Waals surface area contributed by atoms with Crippen molar-refractivity contribution in [1.82, 2.24) is 19.6 Å². The quantitative estimate of drug-likeness (QED) is 0.885. The predicted octanol–water partition coefficient (Wildman–Crippen LogP) is 0.535. The Kier molecular flexibility index (Phi) is 4.64. The van der Waals surface area contributed by atoms with Gasteiger partial charge in [-0.2, -0.15) is 0 Å². The first kappa shape index (κ1) is 16.6. The van der Waals surface area contributed by atoms with Gasteiger partial charge in [0.25, 0.3) is 11.5 Å². The van der Waals surface area contributed by atoms with Crippen molar-refractivity contribution < 1.29 is 9.53 Å². The molecule has 1 aliphatic heterocycles. The second-order valence-electron chi connectivity index (χ2n) is 6.50. The first-order chi connectivity index (χ1) is 11.5. The number of amides is 1. The molecular formula is C17H22N4O3. The molecule has 7 heteroatoms. The van der Waals surface area contributed by atoms with E-state index in [1.54, 1.807) is 24.4 Å². The Labute approximate surface area is 140 Å². The topological polar surface area (TPSA) is 75.9 Å². The third-order valence-electron chi connectivity index (χ3n) is 4.41. The van der Waals surface area contributed by atoms with E-state index in [2.05, 4.69) is 29.0 Å². The molecule has 0 spiro atoms. The molecule has 0 radical (unpaired) electrons. The van der Waals surface area contributed by atoms with Crippen molar-refractivity contribution in [3.8, 4) is 0 Å². The zero-order valence-corrected chi connectivity index (χ0v) is 14.0. The SMILES string of the molecule is CC(C)(CNC(=O)c1cnc2ccccn2c1=O)N1CCOCC1. The van der Waals surface area contributed by atoms with Crippen molar-refractivity contribution in [2.75, 3.05) is 32.8 Å². The molecule has 0 aliphatic carbocycles. The summed E-state index contributed by atoms with van der Waals surface area (Å²) >= 11 is 0. The van der Waals surface area contributed by atoms with Crippen molar-refractivity contribution in [1.29, 1.82) is 0 Å². The third kappa shape index (κ3) is 3.32. The largest absolute Gasteiger partial charge is 0.379 e. The van der Waals surface area contributed by atoms with Gasteiger partial charge in [0.05, 0.1) is 13.2 Å². The van der Waals surface area contributed by atoms with E-state index in [0.717, 1.165) is 13.1 Å². The Hall–Kier alpha value is -2.25. The molecule has 1 saturated heterocycles. The van der Waals surface area contributed by atoms with Crippen LogP contribution >= 0.6 is 0 Å². The van der Waals surface area contributed by atoms with E-state index in [0.29, 0.717) is 25.4 Å². The number of carbonyl (C=O) groups excluding carboxylic acids is 1. The molecule has 0 atom stereocenters. The maximum atomic E-state index is 12.4. The number of aromatic nitrogens is 2. The molecule has 24 heavy (non-hydrogen) atoms. The van der Waals surface area contributed by atoms with Crippen LogP contribution < -0.4 is 10.9 Å². The van der Waals surface area contributed by atoms with Gasteiger partial charge in [0.2, 0.25) is 0 Å². The highest BCUT2D eigenvalue weighted by Gasteiger charge is 2.29. The minimum atomic E-state index is -0.396. The highest BCUT2D eigenvalue weighted by Crippen LogP contribution is 2.15. The predicted molar refractivity (Wildman–Crippen MR) is 90.3 cm³/mol. The average Bonchev–Trinajstić information content (AvgIpc) is 2.61. The number of hydrogen-bond acceptors (Lipinski definition) is 5. The van der Waals surface area contributed by atoms with Crippen LogP contribution in [0.3, 0.4) is 0 Å². The second-order valence-corrected chi connectivity index (χ2v) is 6.50. The lowest BCUT2D eigenvalue weighted by Gasteiger charge is -2.40. The summed E-state index contributed by atoms with van der Waals surface area (Å²) in [6.07, 6.45) is 2.95. The van der Waals surface area contributed by atoms with Gasteiger partial charge in [0.15, 0.2) is 0 Å². The number of hydrogen-bond donors (Lipinski definition) is 1. The second kappa shape index (κ2) is 6.70. The zero-order chi connectivity index (χ0) is 17.2. The van der Waals surface area contributed by atoms with Gasteiger partial charge < -0.3 is 10.1 Å². The van der Waals surface area contributed by atoms with Crippen molar-refractivity contribution >= 4 is 11.6 Å². The molecule has 0 unspecified atom stereocenters. The average molecular weight is 330 g/mol. The van der Waals surface area contributed by atoms with Crippen LogP contribution in [-0.4, -0.2) is 58.6 Å². The third-order valence-corrected chi connectivity index (χ3v) is 4.41. The van der Waals surface area contributed by atoms with Crippen LogP contribution in [0.15, 0.2) is 35.4 Å². The Morgan fingerprint density at radius 2 is 2.08 bits per heavy atom. The van der Waals surface area contributed by atoms with E-state index in [1.165, 1.54) is 10.6 Å². The first-order valence-electron chi connectivity index (χ1n) is 8.06. The van der Waals surface area contributed by atoms with Crippen molar-refractivity contribution in [2.24, 2.45) is 0 Å². The van der Waals surface area contributed by atoms with Crippen molar-refractivity contribution in [2.45, 2.75) is 19.4 Å². The van der Waals surface area contributed by atoms with Crippen LogP contribution in [0.5, 0.6) is 0 Å². The monoisotopic (exact) mass is 330 g/mol. The first-order valence-corrected chi connectivity index (χ1v) is 8.06. The zero-order valence-electron chi connectivity index (χ0n) is 14.0. The molecule has 1 N–H and O–H groups in total. The summed E-state index contributed by atoms with van der Waals surface area (Å²) in [5.41, 5.74) is 0.00588. The number of ether oxygens (including phenoxy) is 1. The van der Waals surface area contributed by atoms with Crippen LogP contribution in [0.1, 0.15) is 24.2 Å². The van der Waals surface area contributed by atoms with Gasteiger partial charge in [-0.1, -0.05) is 6.07 Å². The lowest BCUT2D eigenvalue weighted by atomic mass is 10.0. The maximum Gasteiger partial charge on any atom is 0.270 e. The van der Waals surface area contributed by atoms with Gasteiger partial charge in [-0.05, 0) is 26.0 Å². The van der Waals surface area contributed by atoms with E-state index in [-0.39, 0.29) is 16.7 Å². The van der Waals surface area contributed by atoms with E-state index in [1.807, 2.05) is 0 Å². The highest BCUT2D eigenvalue weighted by atomic mass is 16.5. The molecule has 7 nitrogen and oxygen atoms in total. The fourth-order valence-corrected chi connectivity index (χ4v) is 2.85. The molecular weight excluding hydrogens is 308 g/mol. The van der Waals surface area contributed by atoms with Crippen molar-refractivity contribution in [3.05, 3.63) is 46.5 Å². The number of morpholine rings is 1. The van der Waals surface area contributed by atoms with Gasteiger partial charge in [0.1, 0.15) is 11.2 Å². The van der Waals surface area contributed by atoms with Gasteiger partial charge in [-0.25, -0.2) is 4.98 Å². The molecule has 0 bridgehead atoms. The summed E-state index contributed by atoms with van der Waals surface area (Å²) in [4.78, 5) is 31.3. The molecule has 0 aromatic carbocycles. The molecule has 2 aromatic rings. The number of nitrogens with one attached hydrogen (secondary N) is 1. The van der Waals surface area contributed by atoms with Crippen LogP contribution in [0, 0.1) is 0 Å². The fourth-order valence-electron chi connectivity index (χ4n) is 2.85. The molecule has 128 valence electrons. The number of pyridine rings is 1. The van der Waals surface area contributed by atoms with E-state index < -0.39 is 5.91 Å². The van der Waals surface area contributed by atoms with Gasteiger partial charge >= 0.3 is 0 Å². The normalized spacial score (nSPS) is 16.2. The molecule has 0 saturated carbocycles. The summed E-state index contributed by atoms with van der Waals surface area (Å²) < 4.78 is 6.74. The number of nitrogens with zero attached hydrogens (tertiary/aromatic N) is 3. The lowest BCUT2D eigenvalue weighted by molar-refractivity contribution is -0.00923. The standard InChI is InChI=1S/C17H22N4O3/c1-17(2,20-7-9-24-10-8-20)12-19-15(22)13-11-18-14-5-3-4-6-21(14)16(13)23/h3-6,11H,7-10,12H2,1-2H3,(H,19,22). The van der Waals surface area contributed by atoms with Gasteiger partial charge in [0, 0.05) is 37.6 Å². The Morgan fingerprint density at radius 3 is 2.83 bits per heavy atom. The summed E-state index contributed by atoms with van der Waals surface area (Å²) in [5, 5.41) is 2.87. The summed E-state index contributed by atoms with van der Waals surface area (Å²) in [5.74, 6) is -0.396. The Bertz CT molecular complexity index is 794. The van der Waals surface area contributed by atoms with E-state index >= 15 is 0 Å². The lowest BCUT2D eigenvalue weighted by Crippen LogP contribution is -2.55. The van der Waals surface area contributed by atoms with E-state index in [4.69, 9.17) is 4.74 Å². The van der Waals surface area contributed by atoms with Crippen LogP contribution in [-0.2, 0) is 4.74 Å². The van der Waals surface area contributed by atoms with Gasteiger partial charge in [-0.3, -0.25) is 18.9 Å². The number of fused-ring (bicyclic) bond motifs is 1. The Morgan fingerprint density at radius 1 is 1.33 bits per heavy atom. The summed E-state index contributed by atoms with van der Waals surface area (Å²) in [6.45, 7) is 7.67. The fraction of sp³-hybridized carbons (Fsp3) is 0.471. The smallest absolute Gasteiger partial charge is 0.270 e. The minimum Gasteiger partial charge on any atom is -0.379 e. The molecule has 3 heterocycles.